The van der Waals surface area contributed by atoms with E-state index in [2.05, 4.69) is 9.80 Å². The summed E-state index contributed by atoms with van der Waals surface area (Å²) in [7, 11) is 3.14. The summed E-state index contributed by atoms with van der Waals surface area (Å²) < 4.78 is 10.9. The fourth-order valence-electron chi connectivity index (χ4n) is 4.46. The molecule has 0 spiro atoms. The largest absolute Gasteiger partial charge is 0.493 e. The molecule has 1 aromatic rings. The van der Waals surface area contributed by atoms with Gasteiger partial charge >= 0.3 is 5.97 Å². The van der Waals surface area contributed by atoms with Gasteiger partial charge in [-0.25, -0.2) is 0 Å². The third kappa shape index (κ3) is 3.81. The molecule has 1 aromatic carbocycles. The molecule has 1 N–H and O–H groups in total. The monoisotopic (exact) mass is 362 g/mol. The molecule has 1 aliphatic heterocycles. The number of benzene rings is 1. The lowest BCUT2D eigenvalue weighted by atomic mass is 9.99. The van der Waals surface area contributed by atoms with E-state index in [4.69, 9.17) is 9.47 Å². The molecule has 0 unspecified atom stereocenters. The Balaban J connectivity index is 1.82. The quantitative estimate of drug-likeness (QED) is 0.840. The van der Waals surface area contributed by atoms with Crippen molar-refractivity contribution >= 4 is 5.97 Å². The molecule has 3 rings (SSSR count). The van der Waals surface area contributed by atoms with E-state index in [1.54, 1.807) is 14.2 Å². The number of ether oxygens (including phenoxy) is 2. The molecule has 1 saturated heterocycles. The third-order valence-corrected chi connectivity index (χ3v) is 5.74. The molecule has 1 heterocycles. The number of nitrogens with zero attached hydrogens (tertiary/aromatic N) is 2. The van der Waals surface area contributed by atoms with Gasteiger partial charge in [-0.05, 0) is 37.5 Å². The number of carboxylic acids is 1. The molecule has 6 heteroatoms. The van der Waals surface area contributed by atoms with Crippen molar-refractivity contribution in [1.82, 2.24) is 9.80 Å². The van der Waals surface area contributed by atoms with E-state index in [9.17, 15) is 9.90 Å². The molecule has 1 atom stereocenters. The summed E-state index contributed by atoms with van der Waals surface area (Å²) >= 11 is 0. The maximum absolute atomic E-state index is 12.2. The van der Waals surface area contributed by atoms with Gasteiger partial charge in [-0.2, -0.15) is 0 Å². The predicted molar refractivity (Wildman–Crippen MR) is 100 cm³/mol. The number of aliphatic carboxylic acids is 1. The summed E-state index contributed by atoms with van der Waals surface area (Å²) in [6.07, 6.45) is 5.21. The summed E-state index contributed by atoms with van der Waals surface area (Å²) in [4.78, 5) is 16.8. The first kappa shape index (κ1) is 19.0. The van der Waals surface area contributed by atoms with Crippen molar-refractivity contribution in [2.45, 2.75) is 44.7 Å². The average molecular weight is 362 g/mol. The number of aryl methyl sites for hydroxylation is 1. The molecule has 1 saturated carbocycles. The van der Waals surface area contributed by atoms with Crippen LogP contribution < -0.4 is 9.47 Å². The Morgan fingerprint density at radius 1 is 1.12 bits per heavy atom. The summed E-state index contributed by atoms with van der Waals surface area (Å²) in [6.45, 7) is 5.32. The van der Waals surface area contributed by atoms with E-state index in [1.807, 2.05) is 19.1 Å². The van der Waals surface area contributed by atoms with Crippen LogP contribution in [0.5, 0.6) is 11.5 Å². The number of rotatable bonds is 6. The Hall–Kier alpha value is -1.79. The summed E-state index contributed by atoms with van der Waals surface area (Å²) in [6, 6.07) is 3.75. The maximum atomic E-state index is 12.2. The highest BCUT2D eigenvalue weighted by atomic mass is 16.5. The van der Waals surface area contributed by atoms with Gasteiger partial charge in [0.1, 0.15) is 6.04 Å². The number of piperazine rings is 1. The maximum Gasteiger partial charge on any atom is 0.325 e. The highest BCUT2D eigenvalue weighted by Gasteiger charge is 2.35. The van der Waals surface area contributed by atoms with Crippen LogP contribution in [0.25, 0.3) is 0 Å². The van der Waals surface area contributed by atoms with Crippen molar-refractivity contribution in [1.29, 1.82) is 0 Å². The van der Waals surface area contributed by atoms with Crippen LogP contribution >= 0.6 is 0 Å². The van der Waals surface area contributed by atoms with E-state index < -0.39 is 12.0 Å². The van der Waals surface area contributed by atoms with Crippen LogP contribution in [-0.2, 0) is 4.79 Å². The van der Waals surface area contributed by atoms with Crippen LogP contribution in [-0.4, -0.2) is 67.3 Å². The summed E-state index contributed by atoms with van der Waals surface area (Å²) in [5.74, 6) is 0.257. The van der Waals surface area contributed by atoms with E-state index >= 15 is 0 Å². The second-order valence-corrected chi connectivity index (χ2v) is 7.34. The van der Waals surface area contributed by atoms with Crippen molar-refractivity contribution in [3.63, 3.8) is 0 Å². The lowest BCUT2D eigenvalue weighted by Gasteiger charge is -2.40. The third-order valence-electron chi connectivity index (χ3n) is 5.74. The Morgan fingerprint density at radius 2 is 1.77 bits per heavy atom. The lowest BCUT2D eigenvalue weighted by Crippen LogP contribution is -2.51. The fourth-order valence-corrected chi connectivity index (χ4v) is 4.46. The highest BCUT2D eigenvalue weighted by molar-refractivity contribution is 5.77. The first-order valence-corrected chi connectivity index (χ1v) is 9.48. The van der Waals surface area contributed by atoms with Gasteiger partial charge in [-0.3, -0.25) is 14.6 Å². The van der Waals surface area contributed by atoms with Crippen molar-refractivity contribution in [3.8, 4) is 11.5 Å². The van der Waals surface area contributed by atoms with Gasteiger partial charge in [0.25, 0.3) is 0 Å². The summed E-state index contributed by atoms with van der Waals surface area (Å²) in [5, 5.41) is 9.98. The first-order valence-electron chi connectivity index (χ1n) is 9.48. The molecule has 2 aliphatic rings. The average Bonchev–Trinajstić information content (AvgIpc) is 3.16. The van der Waals surface area contributed by atoms with Crippen molar-refractivity contribution < 1.29 is 19.4 Å². The zero-order chi connectivity index (χ0) is 18.7. The number of carboxylic acid groups (broad SMARTS) is 1. The topological polar surface area (TPSA) is 62.2 Å². The number of methoxy groups -OCH3 is 2. The Kier molecular flexibility index (Phi) is 6.04. The highest BCUT2D eigenvalue weighted by Crippen LogP contribution is 2.39. The molecule has 1 aliphatic carbocycles. The molecule has 0 aromatic heterocycles. The van der Waals surface area contributed by atoms with Crippen molar-refractivity contribution in [2.75, 3.05) is 40.4 Å². The molecular weight excluding hydrogens is 332 g/mol. The minimum absolute atomic E-state index is 0.517. The van der Waals surface area contributed by atoms with E-state index in [1.165, 1.54) is 25.7 Å². The van der Waals surface area contributed by atoms with Gasteiger partial charge in [0, 0.05) is 37.8 Å². The standard InChI is InChI=1S/C20H30N2O4/c1-14-12-16(19(26-3)17(13-14)25-2)18(20(23)24)22-10-8-21(9-11-22)15-6-4-5-7-15/h12-13,15,18H,4-11H2,1-3H3,(H,23,24)/t18-/m0/s1. The normalized spacial score (nSPS) is 20.9. The SMILES string of the molecule is COc1cc(C)cc([C@@H](C(=O)O)N2CCN(C3CCCC3)CC2)c1OC. The van der Waals surface area contributed by atoms with Gasteiger partial charge in [0.05, 0.1) is 14.2 Å². The minimum Gasteiger partial charge on any atom is -0.493 e. The lowest BCUT2D eigenvalue weighted by molar-refractivity contribution is -0.144. The molecule has 144 valence electrons. The van der Waals surface area contributed by atoms with Crippen LogP contribution in [0.4, 0.5) is 0 Å². The van der Waals surface area contributed by atoms with Gasteiger partial charge in [-0.15, -0.1) is 0 Å². The molecule has 2 fully saturated rings. The summed E-state index contributed by atoms with van der Waals surface area (Å²) in [5.41, 5.74) is 1.64. The van der Waals surface area contributed by atoms with Crippen LogP contribution in [0.3, 0.4) is 0 Å². The van der Waals surface area contributed by atoms with E-state index in [-0.39, 0.29) is 0 Å². The molecule has 26 heavy (non-hydrogen) atoms. The molecule has 0 amide bonds. The van der Waals surface area contributed by atoms with Crippen LogP contribution in [0.2, 0.25) is 0 Å². The number of hydrogen-bond donors (Lipinski definition) is 1. The van der Waals surface area contributed by atoms with E-state index in [0.29, 0.717) is 23.1 Å². The van der Waals surface area contributed by atoms with Gasteiger partial charge in [-0.1, -0.05) is 12.8 Å². The van der Waals surface area contributed by atoms with Crippen LogP contribution in [0.15, 0.2) is 12.1 Å². The zero-order valence-corrected chi connectivity index (χ0v) is 16.0. The number of hydrogen-bond acceptors (Lipinski definition) is 5. The van der Waals surface area contributed by atoms with E-state index in [0.717, 1.165) is 31.7 Å². The Morgan fingerprint density at radius 3 is 2.31 bits per heavy atom. The Labute approximate surface area is 155 Å². The zero-order valence-electron chi connectivity index (χ0n) is 16.0. The Bertz CT molecular complexity index is 635. The van der Waals surface area contributed by atoms with Crippen LogP contribution in [0, 0.1) is 6.92 Å². The van der Waals surface area contributed by atoms with Crippen molar-refractivity contribution in [2.24, 2.45) is 0 Å². The second-order valence-electron chi connectivity index (χ2n) is 7.34. The smallest absolute Gasteiger partial charge is 0.325 e. The molecule has 6 nitrogen and oxygen atoms in total. The van der Waals surface area contributed by atoms with Gasteiger partial charge < -0.3 is 14.6 Å². The molecule has 0 radical (unpaired) electrons. The van der Waals surface area contributed by atoms with Crippen molar-refractivity contribution in [3.05, 3.63) is 23.3 Å². The minimum atomic E-state index is -0.842. The molecular formula is C20H30N2O4. The van der Waals surface area contributed by atoms with Gasteiger partial charge in [0.2, 0.25) is 0 Å². The second kappa shape index (κ2) is 8.27. The predicted octanol–water partition coefficient (Wildman–Crippen LogP) is 2.70. The fraction of sp³-hybridized carbons (Fsp3) is 0.650. The van der Waals surface area contributed by atoms with Crippen LogP contribution in [0.1, 0.15) is 42.9 Å². The number of carbonyl (C=O) groups is 1. The first-order chi connectivity index (χ1) is 12.5. The van der Waals surface area contributed by atoms with Gasteiger partial charge in [0.15, 0.2) is 11.5 Å². The molecule has 0 bridgehead atoms.